The van der Waals surface area contributed by atoms with Crippen molar-refractivity contribution in [2.24, 2.45) is 0 Å². The highest BCUT2D eigenvalue weighted by Crippen LogP contribution is 2.53. The number of amides is 1. The molecule has 2 aliphatic heterocycles. The molecule has 1 amide bonds. The summed E-state index contributed by atoms with van der Waals surface area (Å²) in [7, 11) is 1.35. The normalized spacial score (nSPS) is 19.8. The standard InChI is InChI=1S/C28H23NO9/c1-28-10-12-7-11-3-4-13-20(18(11)24(33)19(12)27(35)29(28)5-6-37-28)25(34)21-22(31)14-8-15(30)17(36-2)9-16(14)38-26(21)23(13)32/h7-9,30,32-34H,3-6,10H2,1-2H3/t28-/m1/s1. The first-order chi connectivity index (χ1) is 18.1. The maximum absolute atomic E-state index is 13.5. The number of phenolic OH excluding ortho intramolecular Hbond substituents is 4. The van der Waals surface area contributed by atoms with E-state index >= 15 is 0 Å². The summed E-state index contributed by atoms with van der Waals surface area (Å²) in [4.78, 5) is 28.6. The first-order valence-corrected chi connectivity index (χ1v) is 12.2. The molecule has 1 saturated heterocycles. The van der Waals surface area contributed by atoms with Gasteiger partial charge >= 0.3 is 0 Å². The number of fused-ring (bicyclic) bond motifs is 7. The van der Waals surface area contributed by atoms with E-state index in [0.29, 0.717) is 49.1 Å². The second-order valence-corrected chi connectivity index (χ2v) is 10.2. The Morgan fingerprint density at radius 2 is 1.74 bits per heavy atom. The minimum absolute atomic E-state index is 0.0281. The van der Waals surface area contributed by atoms with Crippen molar-refractivity contribution in [3.8, 4) is 39.9 Å². The van der Waals surface area contributed by atoms with Gasteiger partial charge in [0.15, 0.2) is 22.8 Å². The van der Waals surface area contributed by atoms with Crippen LogP contribution in [0.5, 0.6) is 28.7 Å². The molecule has 10 heteroatoms. The van der Waals surface area contributed by atoms with Gasteiger partial charge in [-0.1, -0.05) is 6.07 Å². The Kier molecular flexibility index (Phi) is 4.38. The first kappa shape index (κ1) is 22.7. The van der Waals surface area contributed by atoms with Crippen LogP contribution >= 0.6 is 0 Å². The summed E-state index contributed by atoms with van der Waals surface area (Å²) in [6, 6.07) is 4.34. The molecule has 7 rings (SSSR count). The molecule has 10 nitrogen and oxygen atoms in total. The number of benzene rings is 3. The number of carbonyl (C=O) groups excluding carboxylic acids is 1. The Bertz CT molecular complexity index is 1820. The van der Waals surface area contributed by atoms with Crippen LogP contribution in [0.2, 0.25) is 0 Å². The average molecular weight is 517 g/mol. The lowest BCUT2D eigenvalue weighted by Gasteiger charge is -2.39. The smallest absolute Gasteiger partial charge is 0.260 e. The van der Waals surface area contributed by atoms with Crippen molar-refractivity contribution in [3.05, 3.63) is 50.7 Å². The number of rotatable bonds is 1. The van der Waals surface area contributed by atoms with Crippen molar-refractivity contribution in [2.75, 3.05) is 20.3 Å². The van der Waals surface area contributed by atoms with Crippen molar-refractivity contribution < 1.29 is 39.1 Å². The van der Waals surface area contributed by atoms with E-state index in [1.54, 1.807) is 4.90 Å². The van der Waals surface area contributed by atoms with Gasteiger partial charge in [-0.3, -0.25) is 9.59 Å². The Balaban J connectivity index is 1.54. The monoisotopic (exact) mass is 517 g/mol. The molecular weight excluding hydrogens is 494 g/mol. The highest BCUT2D eigenvalue weighted by Gasteiger charge is 2.48. The molecule has 0 saturated carbocycles. The molecule has 1 atom stereocenters. The van der Waals surface area contributed by atoms with Crippen molar-refractivity contribution in [1.82, 2.24) is 4.90 Å². The van der Waals surface area contributed by atoms with Gasteiger partial charge < -0.3 is 39.2 Å². The van der Waals surface area contributed by atoms with E-state index < -0.39 is 16.9 Å². The van der Waals surface area contributed by atoms with Crippen LogP contribution in [-0.4, -0.2) is 57.2 Å². The molecule has 3 aromatic carbocycles. The van der Waals surface area contributed by atoms with E-state index in [1.807, 2.05) is 13.0 Å². The molecule has 194 valence electrons. The molecule has 0 bridgehead atoms. The van der Waals surface area contributed by atoms with Crippen molar-refractivity contribution in [3.63, 3.8) is 0 Å². The van der Waals surface area contributed by atoms with Crippen LogP contribution in [0.25, 0.3) is 33.1 Å². The summed E-state index contributed by atoms with van der Waals surface area (Å²) in [6.45, 7) is 2.63. The number of nitrogens with zero attached hydrogens (tertiary/aromatic N) is 1. The zero-order chi connectivity index (χ0) is 26.7. The minimum Gasteiger partial charge on any atom is -0.506 e. The van der Waals surface area contributed by atoms with Crippen molar-refractivity contribution in [2.45, 2.75) is 31.9 Å². The van der Waals surface area contributed by atoms with E-state index in [2.05, 4.69) is 0 Å². The van der Waals surface area contributed by atoms with Crippen molar-refractivity contribution >= 4 is 27.8 Å². The largest absolute Gasteiger partial charge is 0.506 e. The highest BCUT2D eigenvalue weighted by atomic mass is 16.5. The summed E-state index contributed by atoms with van der Waals surface area (Å²) in [5.41, 5.74) is 0.406. The van der Waals surface area contributed by atoms with Gasteiger partial charge in [0.25, 0.3) is 5.91 Å². The molecule has 1 aromatic heterocycles. The Morgan fingerprint density at radius 3 is 2.50 bits per heavy atom. The van der Waals surface area contributed by atoms with E-state index in [-0.39, 0.29) is 67.5 Å². The number of ether oxygens (including phenoxy) is 2. The fraction of sp³-hybridized carbons (Fsp3) is 0.286. The number of methoxy groups -OCH3 is 1. The molecule has 4 N–H and O–H groups in total. The molecular formula is C28H23NO9. The number of hydrogen-bond acceptors (Lipinski definition) is 9. The number of aromatic hydroxyl groups is 4. The lowest BCUT2D eigenvalue weighted by atomic mass is 9.78. The molecule has 0 radical (unpaired) electrons. The second-order valence-electron chi connectivity index (χ2n) is 10.2. The van der Waals surface area contributed by atoms with E-state index in [9.17, 15) is 30.0 Å². The van der Waals surface area contributed by atoms with Gasteiger partial charge in [0.05, 0.1) is 24.7 Å². The number of carbonyl (C=O) groups is 1. The molecule has 0 unspecified atom stereocenters. The van der Waals surface area contributed by atoms with Crippen molar-refractivity contribution in [1.29, 1.82) is 0 Å². The zero-order valence-corrected chi connectivity index (χ0v) is 20.5. The SMILES string of the molecule is COc1cc2oc3c(O)c4c(c(O)c3c(=O)c2cc1O)-c1c(cc2c(c1O)C(=O)N1CCO[C@]1(C)C2)CC4. The molecule has 3 heterocycles. The summed E-state index contributed by atoms with van der Waals surface area (Å²) in [5, 5.41) is 44.1. The lowest BCUT2D eigenvalue weighted by Crippen LogP contribution is -2.51. The maximum atomic E-state index is 13.5. The van der Waals surface area contributed by atoms with Gasteiger partial charge in [-0.25, -0.2) is 0 Å². The molecule has 3 aliphatic rings. The fourth-order valence-corrected chi connectivity index (χ4v) is 6.31. The summed E-state index contributed by atoms with van der Waals surface area (Å²) in [5.74, 6) is -1.72. The van der Waals surface area contributed by atoms with E-state index in [0.717, 1.165) is 0 Å². The molecule has 0 spiro atoms. The molecule has 1 aliphatic carbocycles. The number of phenols is 4. The van der Waals surface area contributed by atoms with Gasteiger partial charge in [0.1, 0.15) is 28.2 Å². The molecule has 4 aromatic rings. The van der Waals surface area contributed by atoms with Crippen LogP contribution < -0.4 is 10.2 Å². The Morgan fingerprint density at radius 1 is 0.947 bits per heavy atom. The van der Waals surface area contributed by atoms with Crippen LogP contribution in [-0.2, 0) is 24.0 Å². The third kappa shape index (κ3) is 2.70. The summed E-state index contributed by atoms with van der Waals surface area (Å²) in [6.07, 6.45) is 1.11. The van der Waals surface area contributed by atoms with E-state index in [1.165, 1.54) is 19.2 Å². The summed E-state index contributed by atoms with van der Waals surface area (Å²) >= 11 is 0. The van der Waals surface area contributed by atoms with Gasteiger partial charge in [-0.05, 0) is 37.0 Å². The van der Waals surface area contributed by atoms with Crippen LogP contribution in [0.15, 0.2) is 27.4 Å². The summed E-state index contributed by atoms with van der Waals surface area (Å²) < 4.78 is 16.8. The molecule has 1 fully saturated rings. The van der Waals surface area contributed by atoms with Crippen LogP contribution in [0.1, 0.15) is 34.0 Å². The zero-order valence-electron chi connectivity index (χ0n) is 20.5. The quantitative estimate of drug-likeness (QED) is 0.220. The second kappa shape index (κ2) is 7.32. The van der Waals surface area contributed by atoms with Gasteiger partial charge in [-0.2, -0.15) is 0 Å². The van der Waals surface area contributed by atoms with E-state index in [4.69, 9.17) is 13.9 Å². The van der Waals surface area contributed by atoms with Crippen LogP contribution in [0, 0.1) is 0 Å². The Hall–Kier alpha value is -4.44. The Labute approximate surface area is 214 Å². The third-order valence-corrected chi connectivity index (χ3v) is 8.10. The maximum Gasteiger partial charge on any atom is 0.260 e. The highest BCUT2D eigenvalue weighted by molar-refractivity contribution is 6.07. The third-order valence-electron chi connectivity index (χ3n) is 8.10. The first-order valence-electron chi connectivity index (χ1n) is 12.2. The average Bonchev–Trinajstić information content (AvgIpc) is 3.28. The number of aryl methyl sites for hydroxylation is 1. The van der Waals surface area contributed by atoms with Crippen LogP contribution in [0.4, 0.5) is 0 Å². The van der Waals surface area contributed by atoms with Gasteiger partial charge in [0.2, 0.25) is 5.43 Å². The van der Waals surface area contributed by atoms with Gasteiger partial charge in [0, 0.05) is 35.7 Å². The topological polar surface area (TPSA) is 150 Å². The van der Waals surface area contributed by atoms with Crippen LogP contribution in [0.3, 0.4) is 0 Å². The predicted molar refractivity (Wildman–Crippen MR) is 135 cm³/mol. The minimum atomic E-state index is -0.789. The predicted octanol–water partition coefficient (Wildman–Crippen LogP) is 3.29. The fourth-order valence-electron chi connectivity index (χ4n) is 6.31. The lowest BCUT2D eigenvalue weighted by molar-refractivity contribution is -0.0568. The number of hydrogen-bond donors (Lipinski definition) is 4. The van der Waals surface area contributed by atoms with Gasteiger partial charge in [-0.15, -0.1) is 0 Å². The molecule has 38 heavy (non-hydrogen) atoms.